The maximum Gasteiger partial charge on any atom is 0.126 e. The molecule has 2 aromatic carbocycles. The van der Waals surface area contributed by atoms with Gasteiger partial charge in [0.1, 0.15) is 5.82 Å². The van der Waals surface area contributed by atoms with E-state index in [-0.39, 0.29) is 16.6 Å². The highest BCUT2D eigenvalue weighted by Crippen LogP contribution is 2.29. The predicted molar refractivity (Wildman–Crippen MR) is 102 cm³/mol. The molecule has 130 valence electrons. The van der Waals surface area contributed by atoms with Crippen molar-refractivity contribution in [2.45, 2.75) is 53.9 Å². The third kappa shape index (κ3) is 5.94. The third-order valence-corrected chi connectivity index (χ3v) is 4.36. The second-order valence-corrected chi connectivity index (χ2v) is 9.24. The summed E-state index contributed by atoms with van der Waals surface area (Å²) in [4.78, 5) is 0. The summed E-state index contributed by atoms with van der Waals surface area (Å²) in [7, 11) is 0. The number of rotatable bonds is 5. The molecule has 0 saturated carbocycles. The highest BCUT2D eigenvalue weighted by Gasteiger charge is 2.21. The fourth-order valence-electron chi connectivity index (χ4n) is 3.21. The topological polar surface area (TPSA) is 0 Å². The van der Waals surface area contributed by atoms with Gasteiger partial charge in [-0.15, -0.1) is 0 Å². The maximum absolute atomic E-state index is 14.1. The van der Waals surface area contributed by atoms with E-state index in [1.54, 1.807) is 6.07 Å². The lowest BCUT2D eigenvalue weighted by atomic mass is 9.79. The molecule has 0 N–H and O–H groups in total. The van der Waals surface area contributed by atoms with Crippen LogP contribution in [0.4, 0.5) is 4.39 Å². The Hall–Kier alpha value is -1.34. The summed E-state index contributed by atoms with van der Waals surface area (Å²) in [6.07, 6.45) is 2.65. The Labute approximate surface area is 151 Å². The zero-order valence-electron chi connectivity index (χ0n) is 15.4. The first-order valence-electron chi connectivity index (χ1n) is 8.56. The van der Waals surface area contributed by atoms with Crippen molar-refractivity contribution in [3.63, 3.8) is 0 Å². The van der Waals surface area contributed by atoms with Crippen LogP contribution < -0.4 is 0 Å². The molecule has 2 heteroatoms. The molecule has 2 rings (SSSR count). The summed E-state index contributed by atoms with van der Waals surface area (Å²) in [6, 6.07) is 13.6. The molecule has 2 aromatic rings. The first kappa shape index (κ1) is 19.0. The molecule has 0 radical (unpaired) electrons. The van der Waals surface area contributed by atoms with E-state index in [1.165, 1.54) is 11.1 Å². The molecule has 0 bridgehead atoms. The van der Waals surface area contributed by atoms with E-state index >= 15 is 0 Å². The van der Waals surface area contributed by atoms with E-state index < -0.39 is 0 Å². The molecule has 0 amide bonds. The van der Waals surface area contributed by atoms with Crippen LogP contribution in [0, 0.1) is 16.6 Å². The van der Waals surface area contributed by atoms with Gasteiger partial charge in [0.15, 0.2) is 0 Å². The SMILES string of the molecule is CC(C)(C)Cc1cc(CC(C)(C)Cc2ccc(Cl)cc2)ccc1F. The lowest BCUT2D eigenvalue weighted by Crippen LogP contribution is -2.19. The Morgan fingerprint density at radius 3 is 1.92 bits per heavy atom. The second-order valence-electron chi connectivity index (χ2n) is 8.81. The van der Waals surface area contributed by atoms with Gasteiger partial charge in [-0.05, 0) is 65.0 Å². The van der Waals surface area contributed by atoms with Gasteiger partial charge in [-0.1, -0.05) is 70.5 Å². The number of benzene rings is 2. The highest BCUT2D eigenvalue weighted by atomic mass is 35.5. The molecular weight excluding hydrogens is 319 g/mol. The number of hydrogen-bond acceptors (Lipinski definition) is 0. The fourth-order valence-corrected chi connectivity index (χ4v) is 3.34. The van der Waals surface area contributed by atoms with Gasteiger partial charge in [-0.3, -0.25) is 0 Å². The second kappa shape index (κ2) is 7.27. The normalized spacial score (nSPS) is 12.5. The zero-order chi connectivity index (χ0) is 18.0. The Morgan fingerprint density at radius 1 is 0.792 bits per heavy atom. The minimum absolute atomic E-state index is 0.0816. The average molecular weight is 347 g/mol. The van der Waals surface area contributed by atoms with Gasteiger partial charge in [0.25, 0.3) is 0 Å². The van der Waals surface area contributed by atoms with Crippen LogP contribution in [0.3, 0.4) is 0 Å². The Morgan fingerprint density at radius 2 is 1.33 bits per heavy atom. The van der Waals surface area contributed by atoms with Crippen molar-refractivity contribution in [1.82, 2.24) is 0 Å². The molecule has 0 atom stereocenters. The first-order valence-corrected chi connectivity index (χ1v) is 8.94. The lowest BCUT2D eigenvalue weighted by Gasteiger charge is -2.26. The van der Waals surface area contributed by atoms with Gasteiger partial charge >= 0.3 is 0 Å². The fraction of sp³-hybridized carbons (Fsp3) is 0.455. The molecule has 0 saturated heterocycles. The van der Waals surface area contributed by atoms with Gasteiger partial charge in [0, 0.05) is 5.02 Å². The Balaban J connectivity index is 2.13. The summed E-state index contributed by atoms with van der Waals surface area (Å²) in [5.74, 6) is -0.0933. The molecule has 24 heavy (non-hydrogen) atoms. The highest BCUT2D eigenvalue weighted by molar-refractivity contribution is 6.30. The summed E-state index contributed by atoms with van der Waals surface area (Å²) in [6.45, 7) is 10.9. The van der Waals surface area contributed by atoms with Crippen molar-refractivity contribution >= 4 is 11.6 Å². The molecule has 0 aliphatic carbocycles. The van der Waals surface area contributed by atoms with Gasteiger partial charge in [0.2, 0.25) is 0 Å². The zero-order valence-corrected chi connectivity index (χ0v) is 16.2. The van der Waals surface area contributed by atoms with Crippen LogP contribution in [0.15, 0.2) is 42.5 Å². The summed E-state index contributed by atoms with van der Waals surface area (Å²) in [5, 5.41) is 0.766. The van der Waals surface area contributed by atoms with E-state index in [0.717, 1.165) is 29.8 Å². The van der Waals surface area contributed by atoms with E-state index in [9.17, 15) is 4.39 Å². The van der Waals surface area contributed by atoms with Crippen molar-refractivity contribution in [2.24, 2.45) is 10.8 Å². The summed E-state index contributed by atoms with van der Waals surface area (Å²) in [5.41, 5.74) is 3.49. The van der Waals surface area contributed by atoms with Crippen molar-refractivity contribution in [3.05, 3.63) is 70.0 Å². The van der Waals surface area contributed by atoms with E-state index in [4.69, 9.17) is 11.6 Å². The molecule has 0 nitrogen and oxygen atoms in total. The van der Waals surface area contributed by atoms with Crippen molar-refractivity contribution < 1.29 is 4.39 Å². The molecule has 0 fully saturated rings. The van der Waals surface area contributed by atoms with Crippen LogP contribution in [0.25, 0.3) is 0 Å². The quantitative estimate of drug-likeness (QED) is 0.553. The number of hydrogen-bond donors (Lipinski definition) is 0. The molecule has 0 aliphatic heterocycles. The first-order chi connectivity index (χ1) is 11.0. The van der Waals surface area contributed by atoms with Crippen molar-refractivity contribution in [1.29, 1.82) is 0 Å². The third-order valence-electron chi connectivity index (χ3n) is 4.11. The summed E-state index contributed by atoms with van der Waals surface area (Å²) < 4.78 is 14.1. The van der Waals surface area contributed by atoms with Crippen molar-refractivity contribution in [2.75, 3.05) is 0 Å². The molecule has 0 spiro atoms. The maximum atomic E-state index is 14.1. The molecule has 0 heterocycles. The van der Waals surface area contributed by atoms with Gasteiger partial charge in [0.05, 0.1) is 0 Å². The monoisotopic (exact) mass is 346 g/mol. The predicted octanol–water partition coefficient (Wildman–Crippen LogP) is 6.88. The van der Waals surface area contributed by atoms with Crippen LogP contribution in [-0.4, -0.2) is 0 Å². The van der Waals surface area contributed by atoms with Crippen molar-refractivity contribution in [3.8, 4) is 0 Å². The smallest absolute Gasteiger partial charge is 0.126 e. The molecule has 0 unspecified atom stereocenters. The minimum atomic E-state index is -0.0933. The van der Waals surface area contributed by atoms with E-state index in [2.05, 4.69) is 46.8 Å². The standard InChI is InChI=1S/C22H28ClF/c1-21(2,3)15-18-12-17(8-11-20(18)24)14-22(4,5)13-16-6-9-19(23)10-7-16/h6-12H,13-15H2,1-5H3. The average Bonchev–Trinajstić information content (AvgIpc) is 2.43. The van der Waals surface area contributed by atoms with Crippen LogP contribution in [-0.2, 0) is 19.3 Å². The van der Waals surface area contributed by atoms with Gasteiger partial charge < -0.3 is 0 Å². The van der Waals surface area contributed by atoms with Gasteiger partial charge in [-0.2, -0.15) is 0 Å². The van der Waals surface area contributed by atoms with Crippen LogP contribution >= 0.6 is 11.6 Å². The Bertz CT molecular complexity index is 678. The molecular formula is C22H28ClF. The minimum Gasteiger partial charge on any atom is -0.207 e. The van der Waals surface area contributed by atoms with E-state index in [0.29, 0.717) is 0 Å². The lowest BCUT2D eigenvalue weighted by molar-refractivity contribution is 0.360. The number of halogens is 2. The molecule has 0 aromatic heterocycles. The Kier molecular flexibility index (Phi) is 5.75. The largest absolute Gasteiger partial charge is 0.207 e. The van der Waals surface area contributed by atoms with Crippen LogP contribution in [0.5, 0.6) is 0 Å². The summed E-state index contributed by atoms with van der Waals surface area (Å²) >= 11 is 5.96. The van der Waals surface area contributed by atoms with E-state index in [1.807, 2.05) is 24.3 Å². The van der Waals surface area contributed by atoms with Crippen LogP contribution in [0.1, 0.15) is 51.3 Å². The van der Waals surface area contributed by atoms with Crippen LogP contribution in [0.2, 0.25) is 5.02 Å². The molecule has 0 aliphatic rings. The van der Waals surface area contributed by atoms with Gasteiger partial charge in [-0.25, -0.2) is 4.39 Å².